The lowest BCUT2D eigenvalue weighted by atomic mass is 10.1. The quantitative estimate of drug-likeness (QED) is 0.712. The van der Waals surface area contributed by atoms with Crippen molar-refractivity contribution >= 4 is 11.6 Å². The van der Waals surface area contributed by atoms with E-state index in [0.717, 1.165) is 48.8 Å². The Labute approximate surface area is 164 Å². The first-order valence-corrected chi connectivity index (χ1v) is 9.82. The van der Waals surface area contributed by atoms with Gasteiger partial charge in [0, 0.05) is 49.3 Å². The van der Waals surface area contributed by atoms with Gasteiger partial charge in [0.05, 0.1) is 11.8 Å². The first-order chi connectivity index (χ1) is 13.6. The molecule has 7 nitrogen and oxygen atoms in total. The average molecular weight is 376 g/mol. The third-order valence-electron chi connectivity index (χ3n) is 5.56. The highest BCUT2D eigenvalue weighted by Crippen LogP contribution is 2.26. The van der Waals surface area contributed by atoms with Gasteiger partial charge in [0.1, 0.15) is 0 Å². The molecule has 1 aliphatic heterocycles. The lowest BCUT2D eigenvalue weighted by Crippen LogP contribution is -2.49. The van der Waals surface area contributed by atoms with Crippen LogP contribution in [0, 0.1) is 6.92 Å². The van der Waals surface area contributed by atoms with Crippen LogP contribution in [0.15, 0.2) is 36.7 Å². The molecule has 0 saturated carbocycles. The predicted molar refractivity (Wildman–Crippen MR) is 107 cm³/mol. The van der Waals surface area contributed by atoms with E-state index in [9.17, 15) is 5.11 Å². The van der Waals surface area contributed by atoms with Gasteiger partial charge >= 0.3 is 0 Å². The molecule has 1 aromatic carbocycles. The molecule has 3 aromatic rings. The molecule has 0 bridgehead atoms. The second kappa shape index (κ2) is 7.00. The monoisotopic (exact) mass is 376 g/mol. The summed E-state index contributed by atoms with van der Waals surface area (Å²) in [5.41, 5.74) is 6.03. The van der Waals surface area contributed by atoms with E-state index in [-0.39, 0.29) is 6.10 Å². The summed E-state index contributed by atoms with van der Waals surface area (Å²) in [6.45, 7) is 4.26. The Balaban J connectivity index is 1.34. The molecule has 28 heavy (non-hydrogen) atoms. The van der Waals surface area contributed by atoms with Gasteiger partial charge in [-0.15, -0.1) is 0 Å². The van der Waals surface area contributed by atoms with Crippen LogP contribution in [-0.2, 0) is 19.4 Å². The van der Waals surface area contributed by atoms with Gasteiger partial charge in [0.2, 0.25) is 5.95 Å². The molecule has 2 aliphatic rings. The molecule has 7 heteroatoms. The molecule has 0 unspecified atom stereocenters. The topological polar surface area (TPSA) is 79.1 Å². The average Bonchev–Trinajstić information content (AvgIpc) is 3.27. The Morgan fingerprint density at radius 3 is 2.89 bits per heavy atom. The fraction of sp³-hybridized carbons (Fsp3) is 0.381. The van der Waals surface area contributed by atoms with Crippen LogP contribution < -0.4 is 5.32 Å². The van der Waals surface area contributed by atoms with Crippen LogP contribution in [0.3, 0.4) is 0 Å². The van der Waals surface area contributed by atoms with E-state index in [1.807, 2.05) is 19.2 Å². The Morgan fingerprint density at radius 1 is 1.18 bits per heavy atom. The van der Waals surface area contributed by atoms with E-state index < -0.39 is 0 Å². The van der Waals surface area contributed by atoms with Crippen LogP contribution in [0.25, 0.3) is 5.82 Å². The number of aromatic nitrogens is 4. The van der Waals surface area contributed by atoms with Gasteiger partial charge < -0.3 is 10.4 Å². The van der Waals surface area contributed by atoms with Crippen molar-refractivity contribution in [2.45, 2.75) is 38.8 Å². The van der Waals surface area contributed by atoms with Crippen LogP contribution in [0.2, 0.25) is 0 Å². The minimum atomic E-state index is -0.190. The molecule has 0 atom stereocenters. The third-order valence-corrected chi connectivity index (χ3v) is 5.56. The van der Waals surface area contributed by atoms with Crippen molar-refractivity contribution in [3.63, 3.8) is 0 Å². The summed E-state index contributed by atoms with van der Waals surface area (Å²) in [6.07, 6.45) is 7.14. The largest absolute Gasteiger partial charge is 0.390 e. The second-order valence-electron chi connectivity index (χ2n) is 7.73. The summed E-state index contributed by atoms with van der Waals surface area (Å²) < 4.78 is 1.80. The number of nitrogens with one attached hydrogen (secondary N) is 1. The molecule has 5 rings (SSSR count). The Bertz CT molecular complexity index is 1010. The smallest absolute Gasteiger partial charge is 0.229 e. The number of β-amino-alcohol motifs (C(OH)–C–C–N with tert-alkyl or cyclic N) is 1. The lowest BCUT2D eigenvalue weighted by molar-refractivity contribution is -0.00297. The minimum absolute atomic E-state index is 0.190. The number of aliphatic hydroxyl groups is 1. The fourth-order valence-electron chi connectivity index (χ4n) is 4.00. The maximum Gasteiger partial charge on any atom is 0.229 e. The summed E-state index contributed by atoms with van der Waals surface area (Å²) in [5, 5.41) is 17.4. The molecular formula is C21H24N6O. The van der Waals surface area contributed by atoms with E-state index in [4.69, 9.17) is 0 Å². The van der Waals surface area contributed by atoms with Gasteiger partial charge in [-0.05, 0) is 49.4 Å². The molecule has 3 heterocycles. The van der Waals surface area contributed by atoms with Crippen LogP contribution in [0.1, 0.15) is 28.8 Å². The normalized spacial score (nSPS) is 16.8. The fourth-order valence-corrected chi connectivity index (χ4v) is 4.00. The van der Waals surface area contributed by atoms with Crippen molar-refractivity contribution in [3.8, 4) is 5.82 Å². The molecule has 1 aliphatic carbocycles. The molecule has 0 spiro atoms. The molecule has 2 N–H and O–H groups in total. The van der Waals surface area contributed by atoms with Crippen molar-refractivity contribution in [2.75, 3.05) is 18.4 Å². The van der Waals surface area contributed by atoms with Crippen molar-refractivity contribution in [1.29, 1.82) is 0 Å². The molecule has 1 fully saturated rings. The first-order valence-electron chi connectivity index (χ1n) is 9.82. The first kappa shape index (κ1) is 17.3. The lowest BCUT2D eigenvalue weighted by Gasteiger charge is -2.35. The number of anilines is 2. The number of aryl methyl sites for hydroxylation is 3. The van der Waals surface area contributed by atoms with Gasteiger partial charge in [-0.3, -0.25) is 4.90 Å². The van der Waals surface area contributed by atoms with Crippen LogP contribution >= 0.6 is 0 Å². The molecule has 0 radical (unpaired) electrons. The van der Waals surface area contributed by atoms with Gasteiger partial charge in [-0.1, -0.05) is 6.07 Å². The SMILES string of the molecule is Cc1nn(-c2ccnc(Nc3ccc4c(c3)CCC4)n2)cc1CN1CC(O)C1. The van der Waals surface area contributed by atoms with Crippen molar-refractivity contribution in [1.82, 2.24) is 24.6 Å². The van der Waals surface area contributed by atoms with Crippen LogP contribution in [0.5, 0.6) is 0 Å². The van der Waals surface area contributed by atoms with Crippen molar-refractivity contribution < 1.29 is 5.11 Å². The summed E-state index contributed by atoms with van der Waals surface area (Å²) in [6, 6.07) is 8.36. The number of aliphatic hydroxyl groups excluding tert-OH is 1. The van der Waals surface area contributed by atoms with Gasteiger partial charge in [0.25, 0.3) is 0 Å². The van der Waals surface area contributed by atoms with E-state index in [0.29, 0.717) is 5.95 Å². The number of rotatable bonds is 5. The maximum absolute atomic E-state index is 9.47. The number of hydrogen-bond acceptors (Lipinski definition) is 6. The molecule has 1 saturated heterocycles. The minimum Gasteiger partial charge on any atom is -0.390 e. The highest BCUT2D eigenvalue weighted by Gasteiger charge is 2.25. The Kier molecular flexibility index (Phi) is 4.33. The molecule has 0 amide bonds. The maximum atomic E-state index is 9.47. The van der Waals surface area contributed by atoms with E-state index in [1.54, 1.807) is 10.9 Å². The number of benzene rings is 1. The standard InChI is InChI=1S/C21H24N6O/c1-14-17(10-26-12-19(28)13-26)11-27(25-14)20-7-8-22-21(24-20)23-18-6-5-15-3-2-4-16(15)9-18/h5-9,11,19,28H,2-4,10,12-13H2,1H3,(H,22,23,24). The number of likely N-dealkylation sites (tertiary alicyclic amines) is 1. The summed E-state index contributed by atoms with van der Waals surface area (Å²) in [7, 11) is 0. The third kappa shape index (κ3) is 3.39. The number of fused-ring (bicyclic) bond motifs is 1. The van der Waals surface area contributed by atoms with Gasteiger partial charge in [-0.25, -0.2) is 9.67 Å². The molecular weight excluding hydrogens is 352 g/mol. The Hall–Kier alpha value is -2.77. The summed E-state index contributed by atoms with van der Waals surface area (Å²) >= 11 is 0. The van der Waals surface area contributed by atoms with E-state index in [1.165, 1.54) is 24.0 Å². The van der Waals surface area contributed by atoms with Crippen LogP contribution in [0.4, 0.5) is 11.6 Å². The van der Waals surface area contributed by atoms with Gasteiger partial charge in [-0.2, -0.15) is 10.1 Å². The zero-order chi connectivity index (χ0) is 19.1. The number of nitrogens with zero attached hydrogens (tertiary/aromatic N) is 5. The second-order valence-corrected chi connectivity index (χ2v) is 7.73. The number of hydrogen-bond donors (Lipinski definition) is 2. The van der Waals surface area contributed by atoms with Crippen LogP contribution in [-0.4, -0.2) is 48.9 Å². The Morgan fingerprint density at radius 2 is 2.04 bits per heavy atom. The summed E-state index contributed by atoms with van der Waals surface area (Å²) in [4.78, 5) is 11.2. The zero-order valence-corrected chi connectivity index (χ0v) is 16.0. The van der Waals surface area contributed by atoms with Gasteiger partial charge in [0.15, 0.2) is 5.82 Å². The zero-order valence-electron chi connectivity index (χ0n) is 16.0. The molecule has 144 valence electrons. The van der Waals surface area contributed by atoms with Crippen molar-refractivity contribution in [2.24, 2.45) is 0 Å². The predicted octanol–water partition coefficient (Wildman–Crippen LogP) is 2.38. The van der Waals surface area contributed by atoms with Crippen molar-refractivity contribution in [3.05, 3.63) is 59.0 Å². The highest BCUT2D eigenvalue weighted by atomic mass is 16.3. The van der Waals surface area contributed by atoms with E-state index >= 15 is 0 Å². The summed E-state index contributed by atoms with van der Waals surface area (Å²) in [5.74, 6) is 1.30. The molecule has 2 aromatic heterocycles. The van der Waals surface area contributed by atoms with E-state index in [2.05, 4.69) is 43.5 Å². The highest BCUT2D eigenvalue weighted by molar-refractivity contribution is 5.57.